The molecule has 1 rings (SSSR count). The van der Waals surface area contributed by atoms with Crippen LogP contribution in [0.4, 0.5) is 0 Å². The average molecular weight is 252 g/mol. The Morgan fingerprint density at radius 2 is 2.33 bits per heavy atom. The molecule has 0 radical (unpaired) electrons. The van der Waals surface area contributed by atoms with Crippen LogP contribution in [-0.4, -0.2) is 29.6 Å². The van der Waals surface area contributed by atoms with E-state index in [2.05, 4.69) is 9.71 Å². The normalized spacial score (nSPS) is 11.9. The fraction of sp³-hybridized carbons (Fsp3) is 0.625. The molecule has 7 heteroatoms. The molecular formula is C8H14ClN3O2S. The largest absolute Gasteiger partial charge is 0.337 e. The maximum absolute atomic E-state index is 11.4. The van der Waals surface area contributed by atoms with Crippen LogP contribution in [0.15, 0.2) is 12.4 Å². The van der Waals surface area contributed by atoms with Crippen molar-refractivity contribution in [3.63, 3.8) is 0 Å². The molecule has 0 saturated carbocycles. The van der Waals surface area contributed by atoms with Gasteiger partial charge in [-0.15, -0.1) is 11.6 Å². The van der Waals surface area contributed by atoms with Gasteiger partial charge < -0.3 is 4.57 Å². The molecule has 0 bridgehead atoms. The third-order valence-electron chi connectivity index (χ3n) is 1.92. The van der Waals surface area contributed by atoms with Gasteiger partial charge in [-0.2, -0.15) is 0 Å². The molecule has 0 aliphatic rings. The van der Waals surface area contributed by atoms with E-state index in [0.717, 1.165) is 0 Å². The number of hydrogen-bond donors (Lipinski definition) is 1. The number of aryl methyl sites for hydroxylation is 1. The van der Waals surface area contributed by atoms with Gasteiger partial charge in [-0.3, -0.25) is 0 Å². The Morgan fingerprint density at radius 3 is 2.87 bits per heavy atom. The first-order valence-corrected chi connectivity index (χ1v) is 6.73. The summed E-state index contributed by atoms with van der Waals surface area (Å²) in [6, 6.07) is 0. The van der Waals surface area contributed by atoms with Gasteiger partial charge in [0.15, 0.2) is 0 Å². The summed E-state index contributed by atoms with van der Waals surface area (Å²) in [5, 5.41) is 0. The fourth-order valence-electron chi connectivity index (χ4n) is 1.06. The summed E-state index contributed by atoms with van der Waals surface area (Å²) in [5.41, 5.74) is 0. The minimum atomic E-state index is -3.22. The lowest BCUT2D eigenvalue weighted by Crippen LogP contribution is -2.27. The molecule has 0 aromatic carbocycles. The van der Waals surface area contributed by atoms with E-state index in [1.165, 1.54) is 0 Å². The minimum absolute atomic E-state index is 0.0565. The van der Waals surface area contributed by atoms with Crippen LogP contribution >= 0.6 is 11.6 Å². The summed E-state index contributed by atoms with van der Waals surface area (Å²) in [6.45, 7) is 0.216. The number of rotatable bonds is 6. The number of alkyl halides is 1. The van der Waals surface area contributed by atoms with E-state index in [0.29, 0.717) is 18.1 Å². The zero-order valence-electron chi connectivity index (χ0n) is 8.48. The topological polar surface area (TPSA) is 64.0 Å². The van der Waals surface area contributed by atoms with Crippen molar-refractivity contribution in [2.75, 3.05) is 11.6 Å². The Morgan fingerprint density at radius 1 is 1.60 bits per heavy atom. The van der Waals surface area contributed by atoms with Crippen molar-refractivity contribution in [1.82, 2.24) is 14.3 Å². The Kier molecular flexibility index (Phi) is 4.56. The van der Waals surface area contributed by atoms with Crippen molar-refractivity contribution >= 4 is 21.6 Å². The standard InChI is InChI=1S/C8H14ClN3O2S/c1-12-5-4-10-8(12)7-11-15(13,14)6-2-3-9/h4-5,11H,2-3,6-7H2,1H3. The highest BCUT2D eigenvalue weighted by Gasteiger charge is 2.10. The first-order chi connectivity index (χ1) is 7.05. The highest BCUT2D eigenvalue weighted by Crippen LogP contribution is 1.97. The van der Waals surface area contributed by atoms with E-state index in [-0.39, 0.29) is 12.3 Å². The number of sulfonamides is 1. The Labute approximate surface area is 94.5 Å². The van der Waals surface area contributed by atoms with Crippen molar-refractivity contribution in [2.24, 2.45) is 7.05 Å². The Balaban J connectivity index is 2.46. The molecule has 0 spiro atoms. The highest BCUT2D eigenvalue weighted by molar-refractivity contribution is 7.89. The van der Waals surface area contributed by atoms with Crippen LogP contribution in [0.5, 0.6) is 0 Å². The van der Waals surface area contributed by atoms with Crippen LogP contribution in [0.1, 0.15) is 12.2 Å². The number of halogens is 1. The highest BCUT2D eigenvalue weighted by atomic mass is 35.5. The second-order valence-corrected chi connectivity index (χ2v) is 5.44. The molecule has 15 heavy (non-hydrogen) atoms. The lowest BCUT2D eigenvalue weighted by Gasteiger charge is -2.05. The summed E-state index contributed by atoms with van der Waals surface area (Å²) in [5.74, 6) is 1.09. The molecule has 0 unspecified atom stereocenters. The third-order valence-corrected chi connectivity index (χ3v) is 3.60. The number of imidazole rings is 1. The van der Waals surface area contributed by atoms with Gasteiger partial charge in [0.25, 0.3) is 0 Å². The number of nitrogens with one attached hydrogen (secondary N) is 1. The lowest BCUT2D eigenvalue weighted by molar-refractivity contribution is 0.576. The molecule has 0 aliphatic heterocycles. The van der Waals surface area contributed by atoms with E-state index in [1.54, 1.807) is 17.0 Å². The number of aromatic nitrogens is 2. The summed E-state index contributed by atoms with van der Waals surface area (Å²) < 4.78 is 27.0. The first-order valence-electron chi connectivity index (χ1n) is 4.54. The second kappa shape index (κ2) is 5.48. The van der Waals surface area contributed by atoms with Crippen molar-refractivity contribution in [3.05, 3.63) is 18.2 Å². The lowest BCUT2D eigenvalue weighted by atomic mass is 10.6. The summed E-state index contributed by atoms with van der Waals surface area (Å²) in [4.78, 5) is 4.01. The van der Waals surface area contributed by atoms with Crippen molar-refractivity contribution < 1.29 is 8.42 Å². The predicted molar refractivity (Wildman–Crippen MR) is 59.2 cm³/mol. The quantitative estimate of drug-likeness (QED) is 0.748. The van der Waals surface area contributed by atoms with Crippen LogP contribution in [0.2, 0.25) is 0 Å². The molecule has 1 N–H and O–H groups in total. The van der Waals surface area contributed by atoms with Crippen molar-refractivity contribution in [1.29, 1.82) is 0 Å². The summed E-state index contributed by atoms with van der Waals surface area (Å²) in [7, 11) is -1.41. The van der Waals surface area contributed by atoms with Gasteiger partial charge in [0.1, 0.15) is 5.82 Å². The molecule has 1 heterocycles. The third kappa shape index (κ3) is 4.19. The smallest absolute Gasteiger partial charge is 0.212 e. The molecule has 1 aromatic rings. The van der Waals surface area contributed by atoms with Crippen LogP contribution in [0.25, 0.3) is 0 Å². The van der Waals surface area contributed by atoms with E-state index in [9.17, 15) is 8.42 Å². The number of hydrogen-bond acceptors (Lipinski definition) is 3. The average Bonchev–Trinajstić information content (AvgIpc) is 2.58. The summed E-state index contributed by atoms with van der Waals surface area (Å²) in [6.07, 6.45) is 3.85. The van der Waals surface area contributed by atoms with Gasteiger partial charge in [0.2, 0.25) is 10.0 Å². The minimum Gasteiger partial charge on any atom is -0.337 e. The van der Waals surface area contributed by atoms with Gasteiger partial charge in [-0.05, 0) is 6.42 Å². The Hall–Kier alpha value is -0.590. The summed E-state index contributed by atoms with van der Waals surface area (Å²) >= 11 is 5.42. The molecule has 1 aromatic heterocycles. The van der Waals surface area contributed by atoms with Gasteiger partial charge in [-0.1, -0.05) is 0 Å². The fourth-order valence-corrected chi connectivity index (χ4v) is 2.37. The Bertz CT molecular complexity index is 402. The molecule has 0 atom stereocenters. The van der Waals surface area contributed by atoms with Crippen LogP contribution in [0, 0.1) is 0 Å². The van der Waals surface area contributed by atoms with E-state index >= 15 is 0 Å². The first kappa shape index (κ1) is 12.5. The van der Waals surface area contributed by atoms with Crippen molar-refractivity contribution in [3.8, 4) is 0 Å². The zero-order valence-corrected chi connectivity index (χ0v) is 10.1. The SMILES string of the molecule is Cn1ccnc1CNS(=O)(=O)CCCCl. The zero-order chi connectivity index (χ0) is 11.3. The van der Waals surface area contributed by atoms with Crippen molar-refractivity contribution in [2.45, 2.75) is 13.0 Å². The monoisotopic (exact) mass is 251 g/mol. The van der Waals surface area contributed by atoms with Gasteiger partial charge in [-0.25, -0.2) is 18.1 Å². The molecular weight excluding hydrogens is 238 g/mol. The molecule has 0 aliphatic carbocycles. The van der Waals surface area contributed by atoms with Gasteiger partial charge in [0.05, 0.1) is 12.3 Å². The molecule has 0 saturated heterocycles. The van der Waals surface area contributed by atoms with Gasteiger partial charge >= 0.3 is 0 Å². The predicted octanol–water partition coefficient (Wildman–Crippen LogP) is 0.468. The maximum atomic E-state index is 11.4. The van der Waals surface area contributed by atoms with Crippen LogP contribution < -0.4 is 4.72 Å². The van der Waals surface area contributed by atoms with Crippen LogP contribution in [0.3, 0.4) is 0 Å². The molecule has 86 valence electrons. The van der Waals surface area contributed by atoms with Crippen LogP contribution in [-0.2, 0) is 23.6 Å². The number of nitrogens with zero attached hydrogens (tertiary/aromatic N) is 2. The van der Waals surface area contributed by atoms with E-state index < -0.39 is 10.0 Å². The van der Waals surface area contributed by atoms with E-state index in [1.807, 2.05) is 7.05 Å². The molecule has 5 nitrogen and oxygen atoms in total. The molecule has 0 fully saturated rings. The van der Waals surface area contributed by atoms with Gasteiger partial charge in [0, 0.05) is 25.3 Å². The van der Waals surface area contributed by atoms with E-state index in [4.69, 9.17) is 11.6 Å². The second-order valence-electron chi connectivity index (χ2n) is 3.14. The molecule has 0 amide bonds. The maximum Gasteiger partial charge on any atom is 0.212 e.